The lowest BCUT2D eigenvalue weighted by Crippen LogP contribution is -2.23. The monoisotopic (exact) mass is 334 g/mol. The van der Waals surface area contributed by atoms with Crippen molar-refractivity contribution < 1.29 is 4.39 Å². The largest absolute Gasteiger partial charge is 0.330 e. The summed E-state index contributed by atoms with van der Waals surface area (Å²) in [5, 5.41) is 0. The normalized spacial score (nSPS) is 21.2. The minimum atomic E-state index is -0.119. The van der Waals surface area contributed by atoms with Crippen molar-refractivity contribution >= 4 is 12.4 Å². The summed E-state index contributed by atoms with van der Waals surface area (Å²) in [7, 11) is 0. The van der Waals surface area contributed by atoms with Crippen molar-refractivity contribution in [1.82, 2.24) is 4.90 Å². The van der Waals surface area contributed by atoms with Gasteiger partial charge in [0.05, 0.1) is 0 Å². The maximum atomic E-state index is 13.7. The van der Waals surface area contributed by atoms with Crippen molar-refractivity contribution in [3.8, 4) is 0 Å². The molecule has 0 amide bonds. The fraction of sp³-hybridized carbons (Fsp3) is 0.368. The lowest BCUT2D eigenvalue weighted by molar-refractivity contribution is 0.316. The number of rotatable bonds is 4. The van der Waals surface area contributed by atoms with Gasteiger partial charge in [0.25, 0.3) is 0 Å². The predicted octanol–water partition coefficient (Wildman–Crippen LogP) is 3.73. The summed E-state index contributed by atoms with van der Waals surface area (Å²) in [5.41, 5.74) is 9.07. The molecule has 23 heavy (non-hydrogen) atoms. The van der Waals surface area contributed by atoms with Crippen LogP contribution in [0.4, 0.5) is 4.39 Å². The molecule has 4 heteroatoms. The second kappa shape index (κ2) is 7.91. The number of nitrogens with zero attached hydrogens (tertiary/aromatic N) is 1. The summed E-state index contributed by atoms with van der Waals surface area (Å²) >= 11 is 0. The van der Waals surface area contributed by atoms with Crippen LogP contribution < -0.4 is 5.73 Å². The molecular formula is C19H24ClFN2. The van der Waals surface area contributed by atoms with Crippen LogP contribution in [0.1, 0.15) is 22.6 Å². The number of hydrogen-bond acceptors (Lipinski definition) is 2. The van der Waals surface area contributed by atoms with Crippen LogP contribution in [-0.2, 0) is 6.54 Å². The van der Waals surface area contributed by atoms with Gasteiger partial charge in [-0.1, -0.05) is 42.5 Å². The minimum absolute atomic E-state index is 0. The van der Waals surface area contributed by atoms with Crippen LogP contribution in [0, 0.1) is 18.7 Å². The zero-order valence-corrected chi connectivity index (χ0v) is 14.2. The highest BCUT2D eigenvalue weighted by atomic mass is 35.5. The van der Waals surface area contributed by atoms with Crippen LogP contribution >= 0.6 is 12.4 Å². The fourth-order valence-corrected chi connectivity index (χ4v) is 3.40. The Morgan fingerprint density at radius 2 is 1.87 bits per heavy atom. The second-order valence-electron chi connectivity index (χ2n) is 6.29. The van der Waals surface area contributed by atoms with Gasteiger partial charge in [0.1, 0.15) is 5.82 Å². The molecule has 0 bridgehead atoms. The molecule has 0 aromatic heterocycles. The molecule has 2 atom stereocenters. The van der Waals surface area contributed by atoms with E-state index in [2.05, 4.69) is 29.2 Å². The Morgan fingerprint density at radius 1 is 1.13 bits per heavy atom. The van der Waals surface area contributed by atoms with E-state index in [9.17, 15) is 4.39 Å². The molecule has 0 unspecified atom stereocenters. The topological polar surface area (TPSA) is 29.3 Å². The molecule has 2 aromatic carbocycles. The molecule has 0 aliphatic carbocycles. The fourth-order valence-electron chi connectivity index (χ4n) is 3.40. The SMILES string of the molecule is Cc1ccc(CN2C[C@@H](CN)[C@H](c3ccccc3)C2)cc1F.Cl. The molecule has 1 aliphatic heterocycles. The highest BCUT2D eigenvalue weighted by molar-refractivity contribution is 5.85. The van der Waals surface area contributed by atoms with E-state index < -0.39 is 0 Å². The molecule has 2 aromatic rings. The molecule has 2 N–H and O–H groups in total. The quantitative estimate of drug-likeness (QED) is 0.923. The van der Waals surface area contributed by atoms with Gasteiger partial charge in [0.15, 0.2) is 0 Å². The average Bonchev–Trinajstić information content (AvgIpc) is 2.95. The minimum Gasteiger partial charge on any atom is -0.330 e. The number of benzene rings is 2. The van der Waals surface area contributed by atoms with Gasteiger partial charge < -0.3 is 5.73 Å². The Hall–Kier alpha value is -1.42. The Kier molecular flexibility index (Phi) is 6.17. The van der Waals surface area contributed by atoms with Crippen molar-refractivity contribution in [1.29, 1.82) is 0 Å². The molecule has 1 saturated heterocycles. The van der Waals surface area contributed by atoms with Gasteiger partial charge in [-0.25, -0.2) is 4.39 Å². The number of hydrogen-bond donors (Lipinski definition) is 1. The highest BCUT2D eigenvalue weighted by Crippen LogP contribution is 2.32. The number of likely N-dealkylation sites (tertiary alicyclic amines) is 1. The number of aryl methyl sites for hydroxylation is 1. The smallest absolute Gasteiger partial charge is 0.126 e. The summed E-state index contributed by atoms with van der Waals surface area (Å²) < 4.78 is 13.7. The molecular weight excluding hydrogens is 311 g/mol. The van der Waals surface area contributed by atoms with Gasteiger partial charge in [-0.2, -0.15) is 0 Å². The Morgan fingerprint density at radius 3 is 2.52 bits per heavy atom. The van der Waals surface area contributed by atoms with E-state index in [0.717, 1.165) is 25.2 Å². The molecule has 1 aliphatic rings. The maximum absolute atomic E-state index is 13.7. The zero-order chi connectivity index (χ0) is 15.5. The van der Waals surface area contributed by atoms with Crippen molar-refractivity contribution in [3.05, 3.63) is 71.0 Å². The lowest BCUT2D eigenvalue weighted by Gasteiger charge is -2.17. The first-order valence-electron chi connectivity index (χ1n) is 7.89. The Labute approximate surface area is 143 Å². The van der Waals surface area contributed by atoms with Crippen molar-refractivity contribution in [2.45, 2.75) is 19.4 Å². The molecule has 1 fully saturated rings. The maximum Gasteiger partial charge on any atom is 0.126 e. The summed E-state index contributed by atoms with van der Waals surface area (Å²) in [6.07, 6.45) is 0. The van der Waals surface area contributed by atoms with E-state index in [0.29, 0.717) is 23.9 Å². The molecule has 124 valence electrons. The molecule has 2 nitrogen and oxygen atoms in total. The van der Waals surface area contributed by atoms with Crippen LogP contribution in [0.5, 0.6) is 0 Å². The standard InChI is InChI=1S/C19H23FN2.ClH/c1-14-7-8-15(9-19(14)20)11-22-12-17(10-21)18(13-22)16-5-3-2-4-6-16;/h2-9,17-18H,10-13,21H2,1H3;1H/t17-,18+;/m1./s1. The third-order valence-electron chi connectivity index (χ3n) is 4.69. The van der Waals surface area contributed by atoms with E-state index in [1.165, 1.54) is 5.56 Å². The van der Waals surface area contributed by atoms with Gasteiger partial charge in [-0.15, -0.1) is 12.4 Å². The third kappa shape index (κ3) is 4.11. The van der Waals surface area contributed by atoms with E-state index in [1.807, 2.05) is 18.2 Å². The first kappa shape index (κ1) is 17.9. The zero-order valence-electron chi connectivity index (χ0n) is 13.4. The van der Waals surface area contributed by atoms with Crippen LogP contribution in [0.25, 0.3) is 0 Å². The molecule has 0 radical (unpaired) electrons. The summed E-state index contributed by atoms with van der Waals surface area (Å²) in [6, 6.07) is 16.1. The van der Waals surface area contributed by atoms with Crippen molar-refractivity contribution in [3.63, 3.8) is 0 Å². The Bertz CT molecular complexity index is 633. The summed E-state index contributed by atoms with van der Waals surface area (Å²) in [4.78, 5) is 2.39. The highest BCUT2D eigenvalue weighted by Gasteiger charge is 2.32. The molecule has 0 spiro atoms. The van der Waals surface area contributed by atoms with Crippen molar-refractivity contribution in [2.75, 3.05) is 19.6 Å². The Balaban J connectivity index is 0.00000192. The van der Waals surface area contributed by atoms with Crippen LogP contribution in [-0.4, -0.2) is 24.5 Å². The van der Waals surface area contributed by atoms with Crippen molar-refractivity contribution in [2.24, 2.45) is 11.7 Å². The first-order valence-corrected chi connectivity index (χ1v) is 7.89. The number of halogens is 2. The molecule has 1 heterocycles. The van der Waals surface area contributed by atoms with Gasteiger partial charge >= 0.3 is 0 Å². The van der Waals surface area contributed by atoms with Gasteiger partial charge in [0.2, 0.25) is 0 Å². The van der Waals surface area contributed by atoms with Gasteiger partial charge in [-0.3, -0.25) is 4.90 Å². The summed E-state index contributed by atoms with van der Waals surface area (Å²) in [6.45, 7) is 5.24. The van der Waals surface area contributed by atoms with Gasteiger partial charge in [0, 0.05) is 25.6 Å². The number of nitrogens with two attached hydrogens (primary N) is 1. The van der Waals surface area contributed by atoms with Crippen LogP contribution in [0.2, 0.25) is 0 Å². The van der Waals surface area contributed by atoms with E-state index in [-0.39, 0.29) is 18.2 Å². The first-order chi connectivity index (χ1) is 10.7. The lowest BCUT2D eigenvalue weighted by atomic mass is 9.89. The van der Waals surface area contributed by atoms with E-state index >= 15 is 0 Å². The van der Waals surface area contributed by atoms with E-state index in [1.54, 1.807) is 13.0 Å². The summed E-state index contributed by atoms with van der Waals surface area (Å²) in [5.74, 6) is 0.825. The van der Waals surface area contributed by atoms with E-state index in [4.69, 9.17) is 5.73 Å². The third-order valence-corrected chi connectivity index (χ3v) is 4.69. The second-order valence-corrected chi connectivity index (χ2v) is 6.29. The molecule has 0 saturated carbocycles. The van der Waals surface area contributed by atoms with Crippen LogP contribution in [0.3, 0.4) is 0 Å². The predicted molar refractivity (Wildman–Crippen MR) is 95.4 cm³/mol. The van der Waals surface area contributed by atoms with Crippen LogP contribution in [0.15, 0.2) is 48.5 Å². The van der Waals surface area contributed by atoms with Gasteiger partial charge in [-0.05, 0) is 42.1 Å². The molecule has 3 rings (SSSR count). The average molecular weight is 335 g/mol.